The van der Waals surface area contributed by atoms with Crippen molar-refractivity contribution in [1.29, 1.82) is 0 Å². The Balaban J connectivity index is 3.07. The van der Waals surface area contributed by atoms with Crippen molar-refractivity contribution in [2.45, 2.75) is 12.8 Å². The molecule has 1 aromatic heterocycles. The van der Waals surface area contributed by atoms with Gasteiger partial charge in [-0.1, -0.05) is 0 Å². The maximum atomic E-state index is 9.09. The fraction of sp³-hybridized carbons (Fsp3) is 0.556. The molecule has 1 rings (SSSR count). The van der Waals surface area contributed by atoms with Gasteiger partial charge in [-0.15, -0.1) is 0 Å². The molecule has 14 heavy (non-hydrogen) atoms. The Bertz CT molecular complexity index is 300. The lowest BCUT2D eigenvalue weighted by molar-refractivity contribution is 0.264. The van der Waals surface area contributed by atoms with Crippen molar-refractivity contribution in [3.63, 3.8) is 0 Å². The minimum absolute atomic E-state index is 0.0164. The molecule has 1 heterocycles. The lowest BCUT2D eigenvalue weighted by Gasteiger charge is -2.14. The normalized spacial score (nSPS) is 12.6. The molecule has 0 saturated carbocycles. The summed E-state index contributed by atoms with van der Waals surface area (Å²) in [5, 5.41) is 9.09. The number of methoxy groups -OCH3 is 1. The molecule has 0 saturated heterocycles. The molecule has 0 radical (unpaired) electrons. The topological polar surface area (TPSA) is 81.3 Å². The zero-order valence-electron chi connectivity index (χ0n) is 8.40. The van der Waals surface area contributed by atoms with E-state index in [1.165, 1.54) is 6.33 Å². The van der Waals surface area contributed by atoms with Crippen LogP contribution in [0.2, 0.25) is 0 Å². The first-order valence-electron chi connectivity index (χ1n) is 4.41. The van der Waals surface area contributed by atoms with Crippen LogP contribution in [0.3, 0.4) is 0 Å². The third-order valence-corrected chi connectivity index (χ3v) is 2.16. The summed E-state index contributed by atoms with van der Waals surface area (Å²) in [4.78, 5) is 8.05. The molecule has 0 aliphatic rings. The monoisotopic (exact) mass is 197 g/mol. The number of nitrogens with two attached hydrogens (primary N) is 1. The number of rotatable bonds is 4. The Morgan fingerprint density at radius 3 is 2.79 bits per heavy atom. The molecule has 1 atom stereocenters. The quantitative estimate of drug-likeness (QED) is 0.700. The second kappa shape index (κ2) is 4.88. The van der Waals surface area contributed by atoms with Crippen LogP contribution in [-0.2, 0) is 0 Å². The summed E-state index contributed by atoms with van der Waals surface area (Å²) < 4.78 is 5.05. The highest BCUT2D eigenvalue weighted by atomic mass is 16.5. The summed E-state index contributed by atoms with van der Waals surface area (Å²) in [5.41, 5.74) is 7.10. The summed E-state index contributed by atoms with van der Waals surface area (Å²) in [5.74, 6) is 0.383. The van der Waals surface area contributed by atoms with E-state index in [9.17, 15) is 0 Å². The largest absolute Gasteiger partial charge is 0.481 e. The average Bonchev–Trinajstić information content (AvgIpc) is 2.22. The lowest BCUT2D eigenvalue weighted by atomic mass is 10.0. The van der Waals surface area contributed by atoms with Gasteiger partial charge in [-0.05, 0) is 6.92 Å². The molecule has 0 aliphatic carbocycles. The van der Waals surface area contributed by atoms with Gasteiger partial charge in [0.2, 0.25) is 5.88 Å². The molecule has 5 heteroatoms. The van der Waals surface area contributed by atoms with E-state index in [0.29, 0.717) is 12.4 Å². The van der Waals surface area contributed by atoms with E-state index in [2.05, 4.69) is 9.97 Å². The van der Waals surface area contributed by atoms with Crippen molar-refractivity contribution in [3.05, 3.63) is 17.6 Å². The Morgan fingerprint density at radius 2 is 2.29 bits per heavy atom. The van der Waals surface area contributed by atoms with Crippen molar-refractivity contribution in [2.75, 3.05) is 20.3 Å². The van der Waals surface area contributed by atoms with Gasteiger partial charge in [0.25, 0.3) is 0 Å². The van der Waals surface area contributed by atoms with Crippen molar-refractivity contribution in [1.82, 2.24) is 9.97 Å². The summed E-state index contributed by atoms with van der Waals surface area (Å²) in [6.45, 7) is 2.20. The SMILES string of the molecule is COc1ncnc(C(CN)CO)c1C. The molecule has 0 aromatic carbocycles. The summed E-state index contributed by atoms with van der Waals surface area (Å²) in [6.07, 6.45) is 1.42. The van der Waals surface area contributed by atoms with Crippen LogP contribution >= 0.6 is 0 Å². The molecule has 1 aromatic rings. The van der Waals surface area contributed by atoms with Crippen molar-refractivity contribution in [2.24, 2.45) is 5.73 Å². The predicted molar refractivity (Wildman–Crippen MR) is 52.2 cm³/mol. The van der Waals surface area contributed by atoms with Gasteiger partial charge in [0.15, 0.2) is 0 Å². The van der Waals surface area contributed by atoms with Crippen molar-refractivity contribution in [3.8, 4) is 5.88 Å². The second-order valence-electron chi connectivity index (χ2n) is 3.01. The third-order valence-electron chi connectivity index (χ3n) is 2.16. The van der Waals surface area contributed by atoms with Crippen LogP contribution in [0.4, 0.5) is 0 Å². The first kappa shape index (κ1) is 10.9. The van der Waals surface area contributed by atoms with Crippen LogP contribution in [0.15, 0.2) is 6.33 Å². The Kier molecular flexibility index (Phi) is 3.79. The summed E-state index contributed by atoms with van der Waals surface area (Å²) >= 11 is 0. The molecule has 0 aliphatic heterocycles. The standard InChI is InChI=1S/C9H15N3O2/c1-6-8(7(3-10)4-13)11-5-12-9(6)14-2/h5,7,13H,3-4,10H2,1-2H3. The zero-order chi connectivity index (χ0) is 10.6. The van der Waals surface area contributed by atoms with Gasteiger partial charge in [0, 0.05) is 18.0 Å². The maximum absolute atomic E-state index is 9.09. The second-order valence-corrected chi connectivity index (χ2v) is 3.01. The van der Waals surface area contributed by atoms with Gasteiger partial charge in [-0.2, -0.15) is 0 Å². The fourth-order valence-corrected chi connectivity index (χ4v) is 1.34. The van der Waals surface area contributed by atoms with E-state index in [4.69, 9.17) is 15.6 Å². The first-order chi connectivity index (χ1) is 6.74. The van der Waals surface area contributed by atoms with Crippen molar-refractivity contribution < 1.29 is 9.84 Å². The number of hydrogen-bond donors (Lipinski definition) is 2. The molecule has 0 fully saturated rings. The lowest BCUT2D eigenvalue weighted by Crippen LogP contribution is -2.19. The van der Waals surface area contributed by atoms with Gasteiger partial charge in [-0.25, -0.2) is 9.97 Å². The van der Waals surface area contributed by atoms with E-state index < -0.39 is 0 Å². The highest BCUT2D eigenvalue weighted by Gasteiger charge is 2.15. The number of hydrogen-bond acceptors (Lipinski definition) is 5. The van der Waals surface area contributed by atoms with E-state index in [-0.39, 0.29) is 12.5 Å². The van der Waals surface area contributed by atoms with Crippen LogP contribution in [-0.4, -0.2) is 35.3 Å². The Hall–Kier alpha value is -1.20. The van der Waals surface area contributed by atoms with E-state index >= 15 is 0 Å². The first-order valence-corrected chi connectivity index (χ1v) is 4.41. The Morgan fingerprint density at radius 1 is 1.57 bits per heavy atom. The molecule has 5 nitrogen and oxygen atoms in total. The van der Waals surface area contributed by atoms with Crippen LogP contribution in [0.25, 0.3) is 0 Å². The van der Waals surface area contributed by atoms with Gasteiger partial charge in [0.05, 0.1) is 19.4 Å². The molecule has 0 spiro atoms. The van der Waals surface area contributed by atoms with E-state index in [1.807, 2.05) is 6.92 Å². The molecular weight excluding hydrogens is 182 g/mol. The highest BCUT2D eigenvalue weighted by molar-refractivity contribution is 5.30. The zero-order valence-corrected chi connectivity index (χ0v) is 8.40. The van der Waals surface area contributed by atoms with Crippen LogP contribution in [0.1, 0.15) is 17.2 Å². The minimum atomic E-state index is -0.146. The molecular formula is C9H15N3O2. The predicted octanol–water partition coefficient (Wildman–Crippen LogP) is -0.172. The van der Waals surface area contributed by atoms with Gasteiger partial charge in [-0.3, -0.25) is 0 Å². The van der Waals surface area contributed by atoms with Crippen LogP contribution in [0, 0.1) is 6.92 Å². The molecule has 1 unspecified atom stereocenters. The van der Waals surface area contributed by atoms with Gasteiger partial charge >= 0.3 is 0 Å². The number of ether oxygens (including phenoxy) is 1. The average molecular weight is 197 g/mol. The number of aromatic nitrogens is 2. The highest BCUT2D eigenvalue weighted by Crippen LogP contribution is 2.21. The maximum Gasteiger partial charge on any atom is 0.219 e. The smallest absolute Gasteiger partial charge is 0.219 e. The minimum Gasteiger partial charge on any atom is -0.481 e. The molecule has 3 N–H and O–H groups in total. The van der Waals surface area contributed by atoms with Crippen LogP contribution in [0.5, 0.6) is 5.88 Å². The fourth-order valence-electron chi connectivity index (χ4n) is 1.34. The molecule has 0 amide bonds. The number of aliphatic hydroxyl groups excluding tert-OH is 1. The van der Waals surface area contributed by atoms with E-state index in [1.54, 1.807) is 7.11 Å². The Labute approximate surface area is 82.9 Å². The van der Waals surface area contributed by atoms with Gasteiger partial charge < -0.3 is 15.6 Å². The molecule has 78 valence electrons. The number of nitrogens with zero attached hydrogens (tertiary/aromatic N) is 2. The van der Waals surface area contributed by atoms with Gasteiger partial charge in [0.1, 0.15) is 6.33 Å². The molecule has 0 bridgehead atoms. The summed E-state index contributed by atoms with van der Waals surface area (Å²) in [6, 6.07) is 0. The summed E-state index contributed by atoms with van der Waals surface area (Å²) in [7, 11) is 1.55. The third kappa shape index (κ3) is 2.00. The van der Waals surface area contributed by atoms with Crippen LogP contribution < -0.4 is 10.5 Å². The van der Waals surface area contributed by atoms with E-state index in [0.717, 1.165) is 11.3 Å². The number of aliphatic hydroxyl groups is 1. The van der Waals surface area contributed by atoms with Crippen molar-refractivity contribution >= 4 is 0 Å².